The van der Waals surface area contributed by atoms with Crippen molar-refractivity contribution in [2.45, 2.75) is 57.5 Å². The number of nitrogens with one attached hydrogen (secondary N) is 1. The molecule has 0 bridgehead atoms. The van der Waals surface area contributed by atoms with Crippen molar-refractivity contribution in [3.63, 3.8) is 0 Å². The number of aromatic nitrogens is 2. The van der Waals surface area contributed by atoms with E-state index in [1.54, 1.807) is 0 Å². The Balaban J connectivity index is 2.08. The topological polar surface area (TPSA) is 78.2 Å². The largest absolute Gasteiger partial charge is 0.369 e. The molecular formula is C15H25N5O. The van der Waals surface area contributed by atoms with Crippen LogP contribution in [0.1, 0.15) is 45.4 Å². The summed E-state index contributed by atoms with van der Waals surface area (Å²) >= 11 is 0. The smallest absolute Gasteiger partial charge is 0.278 e. The molecule has 0 spiro atoms. The lowest BCUT2D eigenvalue weighted by Crippen LogP contribution is -2.54. The Labute approximate surface area is 125 Å². The first-order valence-corrected chi connectivity index (χ1v) is 8.01. The molecule has 1 aromatic heterocycles. The van der Waals surface area contributed by atoms with Gasteiger partial charge in [-0.05, 0) is 19.3 Å². The second kappa shape index (κ2) is 5.58. The fourth-order valence-electron chi connectivity index (χ4n) is 3.82. The average molecular weight is 291 g/mol. The fourth-order valence-corrected chi connectivity index (χ4v) is 3.82. The number of nitrogen functional groups attached to an aromatic ring is 1. The van der Waals surface area contributed by atoms with Gasteiger partial charge in [-0.3, -0.25) is 9.78 Å². The number of hydrogen-bond acceptors (Lipinski definition) is 5. The lowest BCUT2D eigenvalue weighted by atomic mass is 9.91. The van der Waals surface area contributed by atoms with Crippen LogP contribution in [0.5, 0.6) is 0 Å². The van der Waals surface area contributed by atoms with Gasteiger partial charge in [-0.25, -0.2) is 0 Å². The van der Waals surface area contributed by atoms with Crippen LogP contribution in [0.15, 0.2) is 4.79 Å². The number of aromatic amines is 1. The summed E-state index contributed by atoms with van der Waals surface area (Å²) in [5.41, 5.74) is 6.33. The Morgan fingerprint density at radius 1 is 1.33 bits per heavy atom. The van der Waals surface area contributed by atoms with Crippen molar-refractivity contribution < 1.29 is 0 Å². The Hall–Kier alpha value is -1.72. The number of nitrogens with two attached hydrogens (primary N) is 1. The number of H-pyrrole nitrogens is 1. The first-order chi connectivity index (χ1) is 10.1. The molecule has 1 fully saturated rings. The van der Waals surface area contributed by atoms with Gasteiger partial charge >= 0.3 is 0 Å². The molecule has 1 aliphatic heterocycles. The molecule has 1 saturated carbocycles. The van der Waals surface area contributed by atoms with E-state index >= 15 is 0 Å². The van der Waals surface area contributed by atoms with Crippen LogP contribution in [-0.2, 0) is 0 Å². The van der Waals surface area contributed by atoms with E-state index in [0.717, 1.165) is 18.8 Å². The molecule has 1 unspecified atom stereocenters. The van der Waals surface area contributed by atoms with Gasteiger partial charge < -0.3 is 15.5 Å². The maximum absolute atomic E-state index is 12.3. The third-order valence-corrected chi connectivity index (χ3v) is 4.84. The third kappa shape index (κ3) is 2.47. The second-order valence-corrected chi connectivity index (χ2v) is 6.27. The summed E-state index contributed by atoms with van der Waals surface area (Å²) in [4.78, 5) is 23.8. The summed E-state index contributed by atoms with van der Waals surface area (Å²) in [6, 6.07) is 0.893. The lowest BCUT2D eigenvalue weighted by Gasteiger charge is -2.46. The van der Waals surface area contributed by atoms with Crippen molar-refractivity contribution in [2.75, 3.05) is 29.1 Å². The van der Waals surface area contributed by atoms with Gasteiger partial charge in [-0.2, -0.15) is 4.98 Å². The normalized spacial score (nSPS) is 23.2. The van der Waals surface area contributed by atoms with Gasteiger partial charge in [0.25, 0.3) is 5.56 Å². The van der Waals surface area contributed by atoms with Crippen LogP contribution >= 0.6 is 0 Å². The first kappa shape index (κ1) is 14.2. The third-order valence-electron chi connectivity index (χ3n) is 4.84. The minimum absolute atomic E-state index is 0.129. The molecule has 2 aliphatic rings. The number of likely N-dealkylation sites (N-methyl/N-ethyl adjacent to an activating group) is 1. The molecule has 2 heterocycles. The van der Waals surface area contributed by atoms with Gasteiger partial charge in [0.1, 0.15) is 5.69 Å². The molecule has 0 saturated heterocycles. The average Bonchev–Trinajstić information content (AvgIpc) is 2.46. The zero-order valence-corrected chi connectivity index (χ0v) is 12.9. The zero-order valence-electron chi connectivity index (χ0n) is 12.9. The molecule has 6 nitrogen and oxygen atoms in total. The van der Waals surface area contributed by atoms with Gasteiger partial charge in [0, 0.05) is 25.7 Å². The highest BCUT2D eigenvalue weighted by atomic mass is 16.1. The van der Waals surface area contributed by atoms with Crippen molar-refractivity contribution in [1.82, 2.24) is 9.97 Å². The van der Waals surface area contributed by atoms with Crippen molar-refractivity contribution >= 4 is 17.5 Å². The quantitative estimate of drug-likeness (QED) is 0.867. The van der Waals surface area contributed by atoms with Gasteiger partial charge in [0.05, 0.1) is 0 Å². The van der Waals surface area contributed by atoms with Gasteiger partial charge in [-0.1, -0.05) is 26.2 Å². The van der Waals surface area contributed by atoms with E-state index in [-0.39, 0.29) is 11.5 Å². The molecule has 0 aromatic carbocycles. The maximum Gasteiger partial charge on any atom is 0.278 e. The predicted octanol–water partition coefficient (Wildman–Crippen LogP) is 1.72. The molecule has 1 aromatic rings. The highest BCUT2D eigenvalue weighted by Crippen LogP contribution is 2.36. The predicted molar refractivity (Wildman–Crippen MR) is 86.0 cm³/mol. The molecule has 1 atom stereocenters. The minimum Gasteiger partial charge on any atom is -0.369 e. The SMILES string of the molecule is CCC1CN(C)c2c(nc(N)[nH]c2=O)N1C1CCCCC1. The summed E-state index contributed by atoms with van der Waals surface area (Å²) < 4.78 is 0. The number of rotatable bonds is 2. The van der Waals surface area contributed by atoms with Gasteiger partial charge in [0.15, 0.2) is 5.82 Å². The van der Waals surface area contributed by atoms with Crippen LogP contribution in [0.2, 0.25) is 0 Å². The Morgan fingerprint density at radius 2 is 2.05 bits per heavy atom. The molecule has 1 aliphatic carbocycles. The Morgan fingerprint density at radius 3 is 2.71 bits per heavy atom. The molecule has 0 amide bonds. The van der Waals surface area contributed by atoms with Crippen LogP contribution in [0.25, 0.3) is 0 Å². The van der Waals surface area contributed by atoms with Gasteiger partial charge in [-0.15, -0.1) is 0 Å². The summed E-state index contributed by atoms with van der Waals surface area (Å²) in [6.45, 7) is 3.07. The number of hydrogen-bond donors (Lipinski definition) is 2. The minimum atomic E-state index is -0.129. The second-order valence-electron chi connectivity index (χ2n) is 6.27. The molecule has 6 heteroatoms. The molecular weight excluding hydrogens is 266 g/mol. The standard InChI is InChI=1S/C15H25N5O/c1-3-10-9-19(2)12-13(17-15(16)18-14(12)21)20(10)11-7-5-4-6-8-11/h10-11H,3-9H2,1-2H3,(H3,16,17,18,21). The van der Waals surface area contributed by atoms with Crippen LogP contribution in [-0.4, -0.2) is 35.6 Å². The summed E-state index contributed by atoms with van der Waals surface area (Å²) in [5, 5.41) is 0. The maximum atomic E-state index is 12.3. The van der Waals surface area contributed by atoms with Crippen molar-refractivity contribution in [2.24, 2.45) is 0 Å². The van der Waals surface area contributed by atoms with Crippen molar-refractivity contribution in [3.05, 3.63) is 10.4 Å². The van der Waals surface area contributed by atoms with E-state index in [1.807, 2.05) is 11.9 Å². The zero-order chi connectivity index (χ0) is 15.0. The fraction of sp³-hybridized carbons (Fsp3) is 0.733. The van der Waals surface area contributed by atoms with Crippen LogP contribution in [0.3, 0.4) is 0 Å². The van der Waals surface area contributed by atoms with Crippen molar-refractivity contribution in [3.8, 4) is 0 Å². The summed E-state index contributed by atoms with van der Waals surface area (Å²) in [7, 11) is 1.97. The van der Waals surface area contributed by atoms with E-state index < -0.39 is 0 Å². The van der Waals surface area contributed by atoms with Crippen LogP contribution in [0.4, 0.5) is 17.5 Å². The Bertz CT molecular complexity index is 564. The molecule has 0 radical (unpaired) electrons. The highest BCUT2D eigenvalue weighted by molar-refractivity contribution is 5.70. The van der Waals surface area contributed by atoms with E-state index in [1.165, 1.54) is 32.1 Å². The van der Waals surface area contributed by atoms with E-state index in [0.29, 0.717) is 17.8 Å². The number of anilines is 3. The highest BCUT2D eigenvalue weighted by Gasteiger charge is 2.36. The summed E-state index contributed by atoms with van der Waals surface area (Å²) in [5.74, 6) is 0.994. The van der Waals surface area contributed by atoms with E-state index in [9.17, 15) is 4.79 Å². The van der Waals surface area contributed by atoms with Crippen LogP contribution < -0.4 is 21.1 Å². The first-order valence-electron chi connectivity index (χ1n) is 8.01. The Kier molecular flexibility index (Phi) is 3.78. The number of fused-ring (bicyclic) bond motifs is 1. The summed E-state index contributed by atoms with van der Waals surface area (Å²) in [6.07, 6.45) is 7.28. The number of nitrogens with zero attached hydrogens (tertiary/aromatic N) is 3. The molecule has 116 valence electrons. The van der Waals surface area contributed by atoms with Gasteiger partial charge in [0.2, 0.25) is 5.95 Å². The van der Waals surface area contributed by atoms with Crippen molar-refractivity contribution in [1.29, 1.82) is 0 Å². The van der Waals surface area contributed by atoms with Crippen LogP contribution in [0, 0.1) is 0 Å². The van der Waals surface area contributed by atoms with E-state index in [2.05, 4.69) is 21.8 Å². The lowest BCUT2D eigenvalue weighted by molar-refractivity contribution is 0.374. The molecule has 3 N–H and O–H groups in total. The van der Waals surface area contributed by atoms with E-state index in [4.69, 9.17) is 5.73 Å². The molecule has 3 rings (SSSR count). The monoisotopic (exact) mass is 291 g/mol. The molecule has 21 heavy (non-hydrogen) atoms.